The number of nitrogens with zero attached hydrogens (tertiary/aromatic N) is 1. The van der Waals surface area contributed by atoms with E-state index in [1.54, 1.807) is 0 Å². The van der Waals surface area contributed by atoms with Gasteiger partial charge in [-0.1, -0.05) is 12.1 Å². The fraction of sp³-hybridized carbons (Fsp3) is 0.450. The van der Waals surface area contributed by atoms with Gasteiger partial charge in [0.15, 0.2) is 0 Å². The molecule has 0 unspecified atom stereocenters. The molecule has 1 amide bonds. The average Bonchev–Trinajstić information content (AvgIpc) is 3.15. The van der Waals surface area contributed by atoms with Crippen LogP contribution in [0.25, 0.3) is 11.3 Å². The van der Waals surface area contributed by atoms with Crippen molar-refractivity contribution in [3.63, 3.8) is 0 Å². The Labute approximate surface area is 148 Å². The first kappa shape index (κ1) is 16.2. The van der Waals surface area contributed by atoms with Gasteiger partial charge in [-0.25, -0.2) is 0 Å². The van der Waals surface area contributed by atoms with E-state index < -0.39 is 0 Å². The Kier molecular flexibility index (Phi) is 4.25. The third-order valence-electron chi connectivity index (χ3n) is 5.89. The summed E-state index contributed by atoms with van der Waals surface area (Å²) in [5, 5.41) is 6.39. The molecule has 3 N–H and O–H groups in total. The molecule has 5 nitrogen and oxygen atoms in total. The van der Waals surface area contributed by atoms with Crippen LogP contribution in [0.15, 0.2) is 36.4 Å². The van der Waals surface area contributed by atoms with Crippen molar-refractivity contribution in [3.05, 3.63) is 42.1 Å². The van der Waals surface area contributed by atoms with Crippen LogP contribution in [0, 0.1) is 5.92 Å². The number of aromatic nitrogens is 1. The molecule has 1 aromatic carbocycles. The zero-order valence-electron chi connectivity index (χ0n) is 14.9. The number of anilines is 1. The molecule has 2 bridgehead atoms. The van der Waals surface area contributed by atoms with Gasteiger partial charge in [0.05, 0.1) is 0 Å². The molecule has 2 aromatic rings. The van der Waals surface area contributed by atoms with Gasteiger partial charge < -0.3 is 15.6 Å². The number of H-pyrrole nitrogens is 1. The van der Waals surface area contributed by atoms with Gasteiger partial charge in [0.2, 0.25) is 0 Å². The van der Waals surface area contributed by atoms with E-state index in [9.17, 15) is 4.79 Å². The van der Waals surface area contributed by atoms with Crippen LogP contribution in [-0.4, -0.2) is 48.0 Å². The van der Waals surface area contributed by atoms with Crippen molar-refractivity contribution in [1.82, 2.24) is 15.2 Å². The molecule has 2 atom stereocenters. The highest BCUT2D eigenvalue weighted by atomic mass is 16.2. The first-order chi connectivity index (χ1) is 12.2. The fourth-order valence-electron chi connectivity index (χ4n) is 4.29. The van der Waals surface area contributed by atoms with Crippen molar-refractivity contribution in [2.24, 2.45) is 5.92 Å². The smallest absolute Gasteiger partial charge is 0.267 e. The summed E-state index contributed by atoms with van der Waals surface area (Å²) < 4.78 is 0. The van der Waals surface area contributed by atoms with Gasteiger partial charge in [-0.05, 0) is 68.6 Å². The third-order valence-corrected chi connectivity index (χ3v) is 5.89. The Morgan fingerprint density at radius 2 is 1.84 bits per heavy atom. The quantitative estimate of drug-likeness (QED) is 0.803. The molecule has 0 radical (unpaired) electrons. The topological polar surface area (TPSA) is 60.2 Å². The lowest BCUT2D eigenvalue weighted by Crippen LogP contribution is -2.62. The van der Waals surface area contributed by atoms with Crippen LogP contribution in [0.4, 0.5) is 5.69 Å². The zero-order valence-corrected chi connectivity index (χ0v) is 14.9. The summed E-state index contributed by atoms with van der Waals surface area (Å²) in [4.78, 5) is 18.5. The molecule has 0 aliphatic carbocycles. The highest BCUT2D eigenvalue weighted by Gasteiger charge is 2.40. The SMILES string of the molecule is CNc1ccc(-c2ccc(C(=O)N[C@@H]3C4CCN(CC4)[C@@H]3C)[nH]2)cc1. The summed E-state index contributed by atoms with van der Waals surface area (Å²) >= 11 is 0. The monoisotopic (exact) mass is 338 g/mol. The first-order valence-electron chi connectivity index (χ1n) is 9.18. The van der Waals surface area contributed by atoms with Crippen LogP contribution >= 0.6 is 0 Å². The standard InChI is InChI=1S/C20H26N4O/c1-13-19(15-9-11-24(13)12-10-15)23-20(25)18-8-7-17(22-18)14-3-5-16(21-2)6-4-14/h3-8,13,15,19,21-22H,9-12H2,1-2H3,(H,23,25)/t13-,19+/m1/s1. The van der Waals surface area contributed by atoms with Crippen molar-refractivity contribution in [2.45, 2.75) is 31.8 Å². The molecule has 0 saturated carbocycles. The van der Waals surface area contributed by atoms with Crippen molar-refractivity contribution in [2.75, 3.05) is 25.5 Å². The van der Waals surface area contributed by atoms with Crippen LogP contribution in [0.5, 0.6) is 0 Å². The maximum absolute atomic E-state index is 12.7. The summed E-state index contributed by atoms with van der Waals surface area (Å²) in [6, 6.07) is 12.7. The minimum Gasteiger partial charge on any atom is -0.388 e. The molecule has 5 heteroatoms. The second-order valence-electron chi connectivity index (χ2n) is 7.23. The van der Waals surface area contributed by atoms with Crippen molar-refractivity contribution < 1.29 is 4.79 Å². The number of amides is 1. The number of piperidine rings is 3. The maximum atomic E-state index is 12.7. The van der Waals surface area contributed by atoms with E-state index >= 15 is 0 Å². The number of hydrogen-bond donors (Lipinski definition) is 3. The summed E-state index contributed by atoms with van der Waals surface area (Å²) in [7, 11) is 1.90. The van der Waals surface area contributed by atoms with Crippen LogP contribution in [-0.2, 0) is 0 Å². The summed E-state index contributed by atoms with van der Waals surface area (Å²) in [6.07, 6.45) is 2.39. The lowest BCUT2D eigenvalue weighted by atomic mass is 9.79. The van der Waals surface area contributed by atoms with E-state index in [-0.39, 0.29) is 11.9 Å². The predicted molar refractivity (Wildman–Crippen MR) is 101 cm³/mol. The van der Waals surface area contributed by atoms with Crippen LogP contribution in [0.1, 0.15) is 30.3 Å². The number of nitrogens with one attached hydrogen (secondary N) is 3. The molecular formula is C20H26N4O. The van der Waals surface area contributed by atoms with E-state index in [4.69, 9.17) is 0 Å². The molecule has 3 saturated heterocycles. The number of carbonyl (C=O) groups excluding carboxylic acids is 1. The summed E-state index contributed by atoms with van der Waals surface area (Å²) in [5.74, 6) is 0.621. The molecule has 132 valence electrons. The molecule has 4 heterocycles. The summed E-state index contributed by atoms with van der Waals surface area (Å²) in [5.41, 5.74) is 3.75. The van der Waals surface area contributed by atoms with Gasteiger partial charge in [-0.15, -0.1) is 0 Å². The van der Waals surface area contributed by atoms with Gasteiger partial charge in [0.1, 0.15) is 5.69 Å². The summed E-state index contributed by atoms with van der Waals surface area (Å²) in [6.45, 7) is 4.58. The highest BCUT2D eigenvalue weighted by Crippen LogP contribution is 2.32. The Morgan fingerprint density at radius 1 is 1.12 bits per heavy atom. The number of carbonyl (C=O) groups is 1. The van der Waals surface area contributed by atoms with Crippen molar-refractivity contribution in [3.8, 4) is 11.3 Å². The van der Waals surface area contributed by atoms with Gasteiger partial charge >= 0.3 is 0 Å². The van der Waals surface area contributed by atoms with Gasteiger partial charge in [-0.2, -0.15) is 0 Å². The molecule has 1 aromatic heterocycles. The number of benzene rings is 1. The van der Waals surface area contributed by atoms with Gasteiger partial charge in [0.25, 0.3) is 5.91 Å². The number of hydrogen-bond acceptors (Lipinski definition) is 3. The van der Waals surface area contributed by atoms with Crippen molar-refractivity contribution in [1.29, 1.82) is 0 Å². The van der Waals surface area contributed by atoms with Crippen LogP contribution in [0.3, 0.4) is 0 Å². The van der Waals surface area contributed by atoms with Crippen molar-refractivity contribution >= 4 is 11.6 Å². The van der Waals surface area contributed by atoms with E-state index in [0.29, 0.717) is 17.7 Å². The average molecular weight is 338 g/mol. The largest absolute Gasteiger partial charge is 0.388 e. The Morgan fingerprint density at radius 3 is 2.48 bits per heavy atom. The number of aromatic amines is 1. The molecule has 25 heavy (non-hydrogen) atoms. The normalized spacial score (nSPS) is 27.9. The third kappa shape index (κ3) is 3.04. The highest BCUT2D eigenvalue weighted by molar-refractivity contribution is 5.93. The maximum Gasteiger partial charge on any atom is 0.267 e. The predicted octanol–water partition coefficient (Wildman–Crippen LogP) is 2.94. The minimum absolute atomic E-state index is 0.00342. The molecule has 3 aliphatic heterocycles. The van der Waals surface area contributed by atoms with Crippen LogP contribution < -0.4 is 10.6 Å². The Bertz CT molecular complexity index is 741. The van der Waals surface area contributed by atoms with Gasteiger partial charge in [-0.3, -0.25) is 9.69 Å². The van der Waals surface area contributed by atoms with E-state index in [1.165, 1.54) is 25.9 Å². The number of rotatable bonds is 4. The second kappa shape index (κ2) is 6.56. The molecule has 5 rings (SSSR count). The van der Waals surface area contributed by atoms with Gasteiger partial charge in [0, 0.05) is 30.5 Å². The molecule has 3 aliphatic rings. The Hall–Kier alpha value is -2.27. The molecular weight excluding hydrogens is 312 g/mol. The number of fused-ring (bicyclic) bond motifs is 3. The zero-order chi connectivity index (χ0) is 17.4. The lowest BCUT2D eigenvalue weighted by Gasteiger charge is -2.49. The molecule has 3 fully saturated rings. The minimum atomic E-state index is 0.00342. The van der Waals surface area contributed by atoms with E-state index in [2.05, 4.69) is 39.6 Å². The van der Waals surface area contributed by atoms with Crippen LogP contribution in [0.2, 0.25) is 0 Å². The Balaban J connectivity index is 1.47. The second-order valence-corrected chi connectivity index (χ2v) is 7.23. The molecule has 0 spiro atoms. The fourth-order valence-corrected chi connectivity index (χ4v) is 4.29. The first-order valence-corrected chi connectivity index (χ1v) is 9.18. The lowest BCUT2D eigenvalue weighted by molar-refractivity contribution is 0.0216. The van der Waals surface area contributed by atoms with E-state index in [0.717, 1.165) is 16.9 Å². The van der Waals surface area contributed by atoms with E-state index in [1.807, 2.05) is 31.3 Å².